The molecule has 0 bridgehead atoms. The van der Waals surface area contributed by atoms with Gasteiger partial charge >= 0.3 is 6.01 Å². The van der Waals surface area contributed by atoms with Crippen LogP contribution in [0.25, 0.3) is 0 Å². The quantitative estimate of drug-likeness (QED) is 0.870. The second kappa shape index (κ2) is 5.37. The van der Waals surface area contributed by atoms with Crippen LogP contribution in [0.5, 0.6) is 6.01 Å². The number of nitrogen functional groups attached to an aromatic ring is 1. The van der Waals surface area contributed by atoms with E-state index in [2.05, 4.69) is 33.7 Å². The maximum Gasteiger partial charge on any atom is 0.323 e. The number of aromatic nitrogens is 3. The first-order chi connectivity index (χ1) is 8.60. The molecule has 6 nitrogen and oxygen atoms in total. The monoisotopic (exact) mass is 251 g/mol. The predicted octanol–water partition coefficient (Wildman–Crippen LogP) is 1.33. The normalized spacial score (nSPS) is 23.4. The Morgan fingerprint density at radius 1 is 1.22 bits per heavy atom. The zero-order valence-corrected chi connectivity index (χ0v) is 11.3. The van der Waals surface area contributed by atoms with E-state index < -0.39 is 0 Å². The van der Waals surface area contributed by atoms with Crippen LogP contribution in [-0.4, -0.2) is 34.6 Å². The van der Waals surface area contributed by atoms with Crippen molar-refractivity contribution in [2.75, 3.05) is 30.3 Å². The molecule has 0 amide bonds. The molecule has 1 aromatic rings. The van der Waals surface area contributed by atoms with Gasteiger partial charge in [-0.05, 0) is 18.3 Å². The summed E-state index contributed by atoms with van der Waals surface area (Å²) in [6.07, 6.45) is 0.915. The summed E-state index contributed by atoms with van der Waals surface area (Å²) in [6.45, 7) is 9.02. The van der Waals surface area contributed by atoms with Crippen molar-refractivity contribution in [3.05, 3.63) is 0 Å². The van der Waals surface area contributed by atoms with Crippen LogP contribution >= 0.6 is 0 Å². The van der Waals surface area contributed by atoms with Gasteiger partial charge in [0.2, 0.25) is 11.9 Å². The molecule has 1 aromatic heterocycles. The van der Waals surface area contributed by atoms with E-state index in [1.54, 1.807) is 0 Å². The largest absolute Gasteiger partial charge is 0.463 e. The van der Waals surface area contributed by atoms with Crippen molar-refractivity contribution in [3.63, 3.8) is 0 Å². The average Bonchev–Trinajstić information content (AvgIpc) is 2.66. The van der Waals surface area contributed by atoms with E-state index in [-0.39, 0.29) is 5.95 Å². The molecule has 0 saturated carbocycles. The lowest BCUT2D eigenvalue weighted by atomic mass is 10.0. The van der Waals surface area contributed by atoms with Crippen LogP contribution in [-0.2, 0) is 0 Å². The molecule has 6 heteroatoms. The number of rotatable bonds is 4. The zero-order valence-electron chi connectivity index (χ0n) is 11.3. The van der Waals surface area contributed by atoms with Crippen molar-refractivity contribution in [3.8, 4) is 6.01 Å². The standard InChI is InChI=1S/C12H21N5O/c1-4-5-18-12-15-10(13)14-11(16-12)17-6-8(2)9(3)7-17/h8-9H,4-7H2,1-3H3,(H2,13,14,15,16). The van der Waals surface area contributed by atoms with Crippen LogP contribution in [0.3, 0.4) is 0 Å². The van der Waals surface area contributed by atoms with E-state index in [1.807, 2.05) is 6.92 Å². The summed E-state index contributed by atoms with van der Waals surface area (Å²) in [6, 6.07) is 0.326. The first-order valence-corrected chi connectivity index (χ1v) is 6.49. The molecule has 0 spiro atoms. The summed E-state index contributed by atoms with van der Waals surface area (Å²) in [5.74, 6) is 2.13. The molecule has 1 aliphatic heterocycles. The van der Waals surface area contributed by atoms with Crippen LogP contribution in [0.15, 0.2) is 0 Å². The molecule has 2 N–H and O–H groups in total. The smallest absolute Gasteiger partial charge is 0.323 e. The minimum Gasteiger partial charge on any atom is -0.463 e. The summed E-state index contributed by atoms with van der Waals surface area (Å²) in [7, 11) is 0. The van der Waals surface area contributed by atoms with Crippen molar-refractivity contribution in [1.29, 1.82) is 0 Å². The molecule has 0 aliphatic carbocycles. The zero-order chi connectivity index (χ0) is 13.1. The Hall–Kier alpha value is -1.59. The number of nitrogens with two attached hydrogens (primary N) is 1. The van der Waals surface area contributed by atoms with E-state index in [9.17, 15) is 0 Å². The van der Waals surface area contributed by atoms with Gasteiger partial charge in [-0.15, -0.1) is 0 Å². The van der Waals surface area contributed by atoms with Gasteiger partial charge in [-0.1, -0.05) is 20.8 Å². The minimum atomic E-state index is 0.221. The third-order valence-corrected chi connectivity index (χ3v) is 3.33. The number of nitrogens with zero attached hydrogens (tertiary/aromatic N) is 4. The highest BCUT2D eigenvalue weighted by Gasteiger charge is 2.28. The van der Waals surface area contributed by atoms with Crippen LogP contribution in [0.4, 0.5) is 11.9 Å². The van der Waals surface area contributed by atoms with Gasteiger partial charge in [0.05, 0.1) is 6.61 Å². The molecule has 2 rings (SSSR count). The molecule has 18 heavy (non-hydrogen) atoms. The molecule has 2 atom stereocenters. The minimum absolute atomic E-state index is 0.221. The lowest BCUT2D eigenvalue weighted by Gasteiger charge is -2.16. The SMILES string of the molecule is CCCOc1nc(N)nc(N2CC(C)C(C)C2)n1. The van der Waals surface area contributed by atoms with E-state index >= 15 is 0 Å². The Labute approximate surface area is 108 Å². The number of anilines is 2. The second-order valence-electron chi connectivity index (χ2n) is 4.98. The van der Waals surface area contributed by atoms with Gasteiger partial charge in [0.15, 0.2) is 0 Å². The number of ether oxygens (including phenoxy) is 1. The summed E-state index contributed by atoms with van der Waals surface area (Å²) < 4.78 is 5.42. The van der Waals surface area contributed by atoms with Crippen molar-refractivity contribution in [2.45, 2.75) is 27.2 Å². The Bertz CT molecular complexity index is 401. The van der Waals surface area contributed by atoms with Crippen molar-refractivity contribution < 1.29 is 4.74 Å². The van der Waals surface area contributed by atoms with Crippen LogP contribution < -0.4 is 15.4 Å². The third kappa shape index (κ3) is 2.80. The van der Waals surface area contributed by atoms with Gasteiger partial charge in [0, 0.05) is 13.1 Å². The lowest BCUT2D eigenvalue weighted by Crippen LogP contribution is -2.23. The molecule has 2 heterocycles. The maximum atomic E-state index is 5.70. The molecule has 0 radical (unpaired) electrons. The Balaban J connectivity index is 2.15. The van der Waals surface area contributed by atoms with Crippen molar-refractivity contribution in [2.24, 2.45) is 11.8 Å². The Kier molecular flexibility index (Phi) is 3.84. The summed E-state index contributed by atoms with van der Waals surface area (Å²) in [4.78, 5) is 14.7. The van der Waals surface area contributed by atoms with Gasteiger partial charge in [0.25, 0.3) is 0 Å². The summed E-state index contributed by atoms with van der Waals surface area (Å²) >= 11 is 0. The molecule has 1 saturated heterocycles. The average molecular weight is 251 g/mol. The maximum absolute atomic E-state index is 5.70. The summed E-state index contributed by atoms with van der Waals surface area (Å²) in [5.41, 5.74) is 5.70. The van der Waals surface area contributed by atoms with Gasteiger partial charge in [-0.3, -0.25) is 0 Å². The molecule has 100 valence electrons. The lowest BCUT2D eigenvalue weighted by molar-refractivity contribution is 0.292. The fourth-order valence-corrected chi connectivity index (χ4v) is 2.05. The summed E-state index contributed by atoms with van der Waals surface area (Å²) in [5, 5.41) is 0. The Morgan fingerprint density at radius 2 is 1.89 bits per heavy atom. The first-order valence-electron chi connectivity index (χ1n) is 6.49. The van der Waals surface area contributed by atoms with E-state index in [0.717, 1.165) is 19.5 Å². The molecule has 1 fully saturated rings. The molecule has 0 aromatic carbocycles. The van der Waals surface area contributed by atoms with Crippen LogP contribution in [0, 0.1) is 11.8 Å². The molecular formula is C12H21N5O. The highest BCUT2D eigenvalue weighted by Crippen LogP contribution is 2.26. The highest BCUT2D eigenvalue weighted by atomic mass is 16.5. The predicted molar refractivity (Wildman–Crippen MR) is 70.6 cm³/mol. The van der Waals surface area contributed by atoms with E-state index in [1.165, 1.54) is 0 Å². The fourth-order valence-electron chi connectivity index (χ4n) is 2.05. The highest BCUT2D eigenvalue weighted by molar-refractivity contribution is 5.37. The number of hydrogen-bond acceptors (Lipinski definition) is 6. The number of hydrogen-bond donors (Lipinski definition) is 1. The third-order valence-electron chi connectivity index (χ3n) is 3.33. The second-order valence-corrected chi connectivity index (χ2v) is 4.98. The molecule has 1 aliphatic rings. The van der Waals surface area contributed by atoms with Gasteiger partial charge in [0.1, 0.15) is 0 Å². The van der Waals surface area contributed by atoms with Crippen LogP contribution in [0.1, 0.15) is 27.2 Å². The van der Waals surface area contributed by atoms with Gasteiger partial charge in [-0.25, -0.2) is 0 Å². The van der Waals surface area contributed by atoms with E-state index in [4.69, 9.17) is 10.5 Å². The van der Waals surface area contributed by atoms with Crippen molar-refractivity contribution in [1.82, 2.24) is 15.0 Å². The molecular weight excluding hydrogens is 230 g/mol. The van der Waals surface area contributed by atoms with Gasteiger partial charge < -0.3 is 15.4 Å². The van der Waals surface area contributed by atoms with E-state index in [0.29, 0.717) is 30.4 Å². The topological polar surface area (TPSA) is 77.2 Å². The van der Waals surface area contributed by atoms with Gasteiger partial charge in [-0.2, -0.15) is 15.0 Å². The van der Waals surface area contributed by atoms with Crippen molar-refractivity contribution >= 4 is 11.9 Å². The first kappa shape index (κ1) is 12.9. The fraction of sp³-hybridized carbons (Fsp3) is 0.750. The van der Waals surface area contributed by atoms with Crippen LogP contribution in [0.2, 0.25) is 0 Å². The Morgan fingerprint density at radius 3 is 2.50 bits per heavy atom. The molecule has 2 unspecified atom stereocenters.